The van der Waals surface area contributed by atoms with Crippen LogP contribution in [-0.2, 0) is 65.4 Å². The van der Waals surface area contributed by atoms with Gasteiger partial charge in [0.15, 0.2) is 0 Å². The zero-order valence-electron chi connectivity index (χ0n) is 11.2. The standard InChI is InChI=1S/C10H14N2.2CH3.2Y/c1-5-9-7(3)11-8(4)10(6-2)12-9;;;;/h5-6H,1-4H3;2*1H3;;/q-2;2*-1;;. The minimum atomic E-state index is 0. The molecule has 1 aromatic heterocycles. The monoisotopic (exact) mass is 370 g/mol. The maximum atomic E-state index is 4.44. The first-order chi connectivity index (χ1) is 5.69. The van der Waals surface area contributed by atoms with Crippen LogP contribution in [0.25, 0.3) is 0 Å². The zero-order valence-corrected chi connectivity index (χ0v) is 16.9. The second kappa shape index (κ2) is 12.5. The van der Waals surface area contributed by atoms with E-state index in [1.807, 2.05) is 40.5 Å². The van der Waals surface area contributed by atoms with Gasteiger partial charge in [-0.15, -0.1) is 25.2 Å². The Morgan fingerprint density at radius 3 is 1.31 bits per heavy atom. The van der Waals surface area contributed by atoms with Gasteiger partial charge >= 0.3 is 0 Å². The third-order valence-corrected chi connectivity index (χ3v) is 1.86. The number of nitrogens with zero attached hydrogens (tertiary/aromatic N) is 2. The fraction of sp³-hybridized carbons (Fsp3) is 0.333. The summed E-state index contributed by atoms with van der Waals surface area (Å²) in [6.45, 7) is 7.92. The average molecular weight is 370 g/mol. The maximum Gasteiger partial charge on any atom is 0 e. The van der Waals surface area contributed by atoms with Crippen molar-refractivity contribution in [3.63, 3.8) is 0 Å². The van der Waals surface area contributed by atoms with Gasteiger partial charge in [-0.05, 0) is 0 Å². The van der Waals surface area contributed by atoms with E-state index < -0.39 is 0 Å². The molecule has 16 heavy (non-hydrogen) atoms. The number of aromatic nitrogens is 2. The summed E-state index contributed by atoms with van der Waals surface area (Å²) in [7, 11) is 0. The number of rotatable bonds is 2. The van der Waals surface area contributed by atoms with Crippen LogP contribution >= 0.6 is 0 Å². The fourth-order valence-electron chi connectivity index (χ4n) is 1.20. The summed E-state index contributed by atoms with van der Waals surface area (Å²) in [5.41, 5.74) is 3.96. The van der Waals surface area contributed by atoms with Gasteiger partial charge in [0.1, 0.15) is 0 Å². The van der Waals surface area contributed by atoms with Crippen molar-refractivity contribution in [3.05, 3.63) is 50.5 Å². The van der Waals surface area contributed by atoms with Crippen LogP contribution in [0.5, 0.6) is 0 Å². The molecule has 0 saturated heterocycles. The second-order valence-corrected chi connectivity index (χ2v) is 2.74. The Morgan fingerprint density at radius 1 is 0.750 bits per heavy atom. The maximum absolute atomic E-state index is 4.44. The van der Waals surface area contributed by atoms with Crippen molar-refractivity contribution in [3.8, 4) is 0 Å². The van der Waals surface area contributed by atoms with Gasteiger partial charge in [-0.2, -0.15) is 0 Å². The normalized spacial score (nSPS) is 7.25. The van der Waals surface area contributed by atoms with Crippen LogP contribution in [0.4, 0.5) is 0 Å². The molecule has 0 aliphatic heterocycles. The average Bonchev–Trinajstić information content (AvgIpc) is 2.05. The Labute approximate surface area is 152 Å². The number of hydrogen-bond donors (Lipinski definition) is 0. The van der Waals surface area contributed by atoms with Crippen LogP contribution in [0, 0.1) is 41.5 Å². The molecular weight excluding hydrogens is 350 g/mol. The molecule has 0 bridgehead atoms. The van der Waals surface area contributed by atoms with Crippen LogP contribution in [0.1, 0.15) is 36.6 Å². The Balaban J connectivity index is -0.000000180. The van der Waals surface area contributed by atoms with Gasteiger partial charge in [-0.1, -0.05) is 25.2 Å². The van der Waals surface area contributed by atoms with Gasteiger partial charge in [-0.25, -0.2) is 12.8 Å². The first kappa shape index (κ1) is 25.8. The molecular formula is C12H20N2Y2-4. The van der Waals surface area contributed by atoms with Gasteiger partial charge < -0.3 is 24.8 Å². The van der Waals surface area contributed by atoms with Crippen molar-refractivity contribution < 1.29 is 65.4 Å². The van der Waals surface area contributed by atoms with Crippen molar-refractivity contribution in [1.82, 2.24) is 9.97 Å². The third kappa shape index (κ3) is 6.69. The van der Waals surface area contributed by atoms with Gasteiger partial charge in [-0.3, -0.25) is 0 Å². The van der Waals surface area contributed by atoms with Gasteiger partial charge in [0.2, 0.25) is 0 Å². The van der Waals surface area contributed by atoms with Gasteiger partial charge in [0, 0.05) is 65.4 Å². The molecule has 88 valence electrons. The summed E-state index contributed by atoms with van der Waals surface area (Å²) < 4.78 is 0. The number of aryl methyl sites for hydroxylation is 2. The van der Waals surface area contributed by atoms with Crippen molar-refractivity contribution >= 4 is 0 Å². The van der Waals surface area contributed by atoms with E-state index in [0.717, 1.165) is 22.8 Å². The first-order valence-corrected chi connectivity index (χ1v) is 4.13. The Hall–Kier alpha value is 1.03. The molecule has 0 saturated carbocycles. The van der Waals surface area contributed by atoms with Crippen molar-refractivity contribution in [2.75, 3.05) is 0 Å². The minimum absolute atomic E-state index is 0. The van der Waals surface area contributed by atoms with Crippen LogP contribution in [0.2, 0.25) is 0 Å². The summed E-state index contributed by atoms with van der Waals surface area (Å²) in [6.07, 6.45) is 3.96. The summed E-state index contributed by atoms with van der Waals surface area (Å²) in [5.74, 6) is 0. The molecule has 1 aromatic rings. The predicted octanol–water partition coefficient (Wildman–Crippen LogP) is 3.13. The Kier molecular flexibility index (Phi) is 20.1. The molecule has 0 aliphatic carbocycles. The van der Waals surface area contributed by atoms with E-state index >= 15 is 0 Å². The smallest absolute Gasteiger partial charge is 0 e. The van der Waals surface area contributed by atoms with E-state index in [4.69, 9.17) is 0 Å². The van der Waals surface area contributed by atoms with E-state index in [0.29, 0.717) is 0 Å². The fourth-order valence-corrected chi connectivity index (χ4v) is 1.20. The molecule has 0 spiro atoms. The zero-order chi connectivity index (χ0) is 9.14. The SMILES string of the molecule is C[CH-]c1nc([CH-]C)c(C)nc1C.[CH3-].[CH3-].[Y].[Y]. The Bertz CT molecular complexity index is 263. The largest absolute Gasteiger partial charge is 0.443 e. The van der Waals surface area contributed by atoms with Crippen LogP contribution < -0.4 is 0 Å². The molecule has 2 nitrogen and oxygen atoms in total. The molecule has 0 unspecified atom stereocenters. The van der Waals surface area contributed by atoms with Crippen LogP contribution in [-0.4, -0.2) is 9.97 Å². The summed E-state index contributed by atoms with van der Waals surface area (Å²) in [5, 5.41) is 0. The van der Waals surface area contributed by atoms with Gasteiger partial charge in [0.25, 0.3) is 0 Å². The molecule has 0 fully saturated rings. The third-order valence-electron chi connectivity index (χ3n) is 1.86. The minimum Gasteiger partial charge on any atom is -0.443 e. The molecule has 0 aromatic carbocycles. The van der Waals surface area contributed by atoms with E-state index in [1.54, 1.807) is 0 Å². The van der Waals surface area contributed by atoms with Crippen LogP contribution in [0.3, 0.4) is 0 Å². The molecule has 0 amide bonds. The summed E-state index contributed by atoms with van der Waals surface area (Å²) in [4.78, 5) is 8.83. The van der Waals surface area contributed by atoms with E-state index in [9.17, 15) is 0 Å². The van der Waals surface area contributed by atoms with Crippen LogP contribution in [0.15, 0.2) is 0 Å². The molecule has 1 heterocycles. The summed E-state index contributed by atoms with van der Waals surface area (Å²) >= 11 is 0. The van der Waals surface area contributed by atoms with Crippen molar-refractivity contribution in [2.45, 2.75) is 27.7 Å². The second-order valence-electron chi connectivity index (χ2n) is 2.74. The van der Waals surface area contributed by atoms with E-state index in [2.05, 4.69) is 9.97 Å². The number of hydrogen-bond acceptors (Lipinski definition) is 2. The quantitative estimate of drug-likeness (QED) is 0.748. The first-order valence-electron chi connectivity index (χ1n) is 4.13. The van der Waals surface area contributed by atoms with E-state index in [-0.39, 0.29) is 80.3 Å². The molecule has 0 N–H and O–H groups in total. The molecule has 0 atom stereocenters. The predicted molar refractivity (Wildman–Crippen MR) is 62.5 cm³/mol. The Morgan fingerprint density at radius 2 is 1.06 bits per heavy atom. The van der Waals surface area contributed by atoms with Crippen molar-refractivity contribution in [1.29, 1.82) is 0 Å². The molecule has 2 radical (unpaired) electrons. The van der Waals surface area contributed by atoms with E-state index in [1.165, 1.54) is 0 Å². The molecule has 0 aliphatic rings. The topological polar surface area (TPSA) is 25.8 Å². The molecule has 1 rings (SSSR count). The van der Waals surface area contributed by atoms with Gasteiger partial charge in [0.05, 0.1) is 0 Å². The molecule has 4 heteroatoms. The summed E-state index contributed by atoms with van der Waals surface area (Å²) in [6, 6.07) is 0. The van der Waals surface area contributed by atoms with Crippen molar-refractivity contribution in [2.24, 2.45) is 0 Å².